The highest BCUT2D eigenvalue weighted by atomic mass is 13.9. The van der Waals surface area contributed by atoms with Gasteiger partial charge in [-0.2, -0.15) is 0 Å². The van der Waals surface area contributed by atoms with Crippen molar-refractivity contribution in [3.63, 3.8) is 0 Å². The predicted molar refractivity (Wildman–Crippen MR) is 58.4 cm³/mol. The Bertz CT molecular complexity index is 164. The highest BCUT2D eigenvalue weighted by molar-refractivity contribution is 4.90. The Morgan fingerprint density at radius 3 is 2.08 bits per heavy atom. The van der Waals surface area contributed by atoms with Crippen LogP contribution < -0.4 is 0 Å². The van der Waals surface area contributed by atoms with E-state index in [2.05, 4.69) is 36.5 Å². The van der Waals surface area contributed by atoms with Gasteiger partial charge in [0.1, 0.15) is 0 Å². The zero-order valence-corrected chi connectivity index (χ0v) is 8.34. The van der Waals surface area contributed by atoms with Crippen molar-refractivity contribution < 1.29 is 0 Å². The second-order valence-electron chi connectivity index (χ2n) is 3.42. The molecule has 0 saturated heterocycles. The number of allylic oxidation sites excluding steroid dienone is 6. The van der Waals surface area contributed by atoms with Crippen LogP contribution in [0.25, 0.3) is 0 Å². The molecule has 0 aromatic carbocycles. The third-order valence-electron chi connectivity index (χ3n) is 2.17. The fraction of sp³-hybridized carbons (Fsp3) is 0.538. The van der Waals surface area contributed by atoms with Crippen LogP contribution in [0.5, 0.6) is 0 Å². The summed E-state index contributed by atoms with van der Waals surface area (Å²) in [6, 6.07) is 0. The van der Waals surface area contributed by atoms with E-state index in [0.29, 0.717) is 0 Å². The van der Waals surface area contributed by atoms with Crippen LogP contribution in [0, 0.1) is 6.08 Å². The van der Waals surface area contributed by atoms with E-state index in [-0.39, 0.29) is 0 Å². The van der Waals surface area contributed by atoms with Gasteiger partial charge in [0.15, 0.2) is 0 Å². The van der Waals surface area contributed by atoms with Gasteiger partial charge in [-0.05, 0) is 51.0 Å². The SMILES string of the molecule is [C]1=C/CCC/C=C\CCC/C=C/C/1. The summed E-state index contributed by atoms with van der Waals surface area (Å²) in [7, 11) is 0. The first-order chi connectivity index (χ1) is 6.50. The Morgan fingerprint density at radius 2 is 1.31 bits per heavy atom. The summed E-state index contributed by atoms with van der Waals surface area (Å²) in [4.78, 5) is 0. The second-order valence-corrected chi connectivity index (χ2v) is 3.42. The minimum atomic E-state index is 0.993. The molecule has 1 radical (unpaired) electrons. The normalized spacial score (nSPS) is 27.7. The van der Waals surface area contributed by atoms with Crippen molar-refractivity contribution >= 4 is 0 Å². The van der Waals surface area contributed by atoms with E-state index in [1.807, 2.05) is 0 Å². The van der Waals surface area contributed by atoms with Gasteiger partial charge in [0.2, 0.25) is 0 Å². The molecule has 0 bridgehead atoms. The fourth-order valence-corrected chi connectivity index (χ4v) is 1.38. The molecule has 0 nitrogen and oxygen atoms in total. The molecule has 0 aromatic heterocycles. The quantitative estimate of drug-likeness (QED) is 0.484. The largest absolute Gasteiger partial charge is 0.0885 e. The van der Waals surface area contributed by atoms with E-state index >= 15 is 0 Å². The highest BCUT2D eigenvalue weighted by Crippen LogP contribution is 2.04. The molecule has 0 heterocycles. The van der Waals surface area contributed by atoms with Crippen LogP contribution >= 0.6 is 0 Å². The number of rotatable bonds is 0. The van der Waals surface area contributed by atoms with E-state index in [1.54, 1.807) is 0 Å². The molecule has 71 valence electrons. The number of hydrogen-bond donors (Lipinski definition) is 0. The molecule has 1 aliphatic rings. The topological polar surface area (TPSA) is 0 Å². The van der Waals surface area contributed by atoms with E-state index in [9.17, 15) is 0 Å². The lowest BCUT2D eigenvalue weighted by Crippen LogP contribution is -1.70. The van der Waals surface area contributed by atoms with E-state index < -0.39 is 0 Å². The van der Waals surface area contributed by atoms with Crippen LogP contribution in [0.15, 0.2) is 30.4 Å². The summed E-state index contributed by atoms with van der Waals surface area (Å²) in [6.45, 7) is 0. The molecule has 1 aliphatic carbocycles. The van der Waals surface area contributed by atoms with E-state index in [0.717, 1.165) is 6.42 Å². The average Bonchev–Trinajstić information content (AvgIpc) is 2.18. The molecule has 0 amide bonds. The molecular formula is C13H19. The van der Waals surface area contributed by atoms with Crippen LogP contribution in [-0.2, 0) is 0 Å². The Morgan fingerprint density at radius 1 is 0.692 bits per heavy atom. The first-order valence-corrected chi connectivity index (χ1v) is 5.35. The van der Waals surface area contributed by atoms with Gasteiger partial charge >= 0.3 is 0 Å². The highest BCUT2D eigenvalue weighted by Gasteiger charge is 1.84. The van der Waals surface area contributed by atoms with Gasteiger partial charge in [0.05, 0.1) is 0 Å². The number of hydrogen-bond acceptors (Lipinski definition) is 0. The van der Waals surface area contributed by atoms with Crippen LogP contribution in [0.2, 0.25) is 0 Å². The van der Waals surface area contributed by atoms with Gasteiger partial charge in [-0.3, -0.25) is 0 Å². The zero-order chi connectivity index (χ0) is 9.19. The van der Waals surface area contributed by atoms with E-state index in [4.69, 9.17) is 0 Å². The molecule has 0 atom stereocenters. The van der Waals surface area contributed by atoms with Gasteiger partial charge in [-0.15, -0.1) is 0 Å². The smallest absolute Gasteiger partial charge is 0.00979 e. The molecule has 0 aromatic rings. The zero-order valence-electron chi connectivity index (χ0n) is 8.34. The average molecular weight is 175 g/mol. The van der Waals surface area contributed by atoms with Crippen molar-refractivity contribution in [1.29, 1.82) is 0 Å². The van der Waals surface area contributed by atoms with Gasteiger partial charge in [-0.1, -0.05) is 30.4 Å². The molecule has 0 fully saturated rings. The summed E-state index contributed by atoms with van der Waals surface area (Å²) < 4.78 is 0. The summed E-state index contributed by atoms with van der Waals surface area (Å²) >= 11 is 0. The molecule has 0 unspecified atom stereocenters. The van der Waals surface area contributed by atoms with Crippen molar-refractivity contribution in [2.75, 3.05) is 0 Å². The Labute approximate surface area is 82.0 Å². The Balaban J connectivity index is 2.27. The first kappa shape index (κ1) is 10.3. The minimum Gasteiger partial charge on any atom is -0.0885 e. The fourth-order valence-electron chi connectivity index (χ4n) is 1.38. The van der Waals surface area contributed by atoms with Gasteiger partial charge in [0, 0.05) is 0 Å². The van der Waals surface area contributed by atoms with Gasteiger partial charge < -0.3 is 0 Å². The molecular weight excluding hydrogens is 156 g/mol. The lowest BCUT2D eigenvalue weighted by Gasteiger charge is -1.90. The summed E-state index contributed by atoms with van der Waals surface area (Å²) in [5.74, 6) is 0. The maximum absolute atomic E-state index is 3.29. The van der Waals surface area contributed by atoms with Crippen molar-refractivity contribution in [3.05, 3.63) is 36.5 Å². The van der Waals surface area contributed by atoms with Crippen LogP contribution in [0.4, 0.5) is 0 Å². The van der Waals surface area contributed by atoms with Crippen LogP contribution in [0.1, 0.15) is 44.9 Å². The van der Waals surface area contributed by atoms with E-state index in [1.165, 1.54) is 38.5 Å². The molecule has 0 spiro atoms. The molecule has 1 rings (SSSR count). The van der Waals surface area contributed by atoms with Gasteiger partial charge in [-0.25, -0.2) is 0 Å². The minimum absolute atomic E-state index is 0.993. The first-order valence-electron chi connectivity index (χ1n) is 5.35. The molecule has 0 aliphatic heterocycles. The van der Waals surface area contributed by atoms with Crippen molar-refractivity contribution in [1.82, 2.24) is 0 Å². The second kappa shape index (κ2) is 7.85. The third kappa shape index (κ3) is 6.39. The summed E-state index contributed by atoms with van der Waals surface area (Å²) in [5.41, 5.74) is 0. The third-order valence-corrected chi connectivity index (χ3v) is 2.17. The lowest BCUT2D eigenvalue weighted by molar-refractivity contribution is 0.842. The van der Waals surface area contributed by atoms with Crippen LogP contribution in [-0.4, -0.2) is 0 Å². The Kier molecular flexibility index (Phi) is 6.22. The molecule has 0 heteroatoms. The summed E-state index contributed by atoms with van der Waals surface area (Å²) in [5, 5.41) is 0. The maximum Gasteiger partial charge on any atom is -0.00979 e. The monoisotopic (exact) mass is 175 g/mol. The van der Waals surface area contributed by atoms with Gasteiger partial charge in [0.25, 0.3) is 0 Å². The molecule has 0 N–H and O–H groups in total. The van der Waals surface area contributed by atoms with Crippen molar-refractivity contribution in [2.45, 2.75) is 44.9 Å². The lowest BCUT2D eigenvalue weighted by atomic mass is 10.2. The van der Waals surface area contributed by atoms with Crippen molar-refractivity contribution in [3.8, 4) is 0 Å². The summed E-state index contributed by atoms with van der Waals surface area (Å²) in [6.07, 6.45) is 23.0. The standard InChI is InChI=1S/C13H19/c1-2-4-6-8-10-12-13-11-9-7-5-3-1/h1-2,9-11H,3-8,13H2/b2-1-,11-9+,12-10?. The molecule has 0 saturated carbocycles. The maximum atomic E-state index is 3.29. The predicted octanol–water partition coefficient (Wildman–Crippen LogP) is 4.20. The molecule has 13 heavy (non-hydrogen) atoms. The van der Waals surface area contributed by atoms with Crippen LogP contribution in [0.3, 0.4) is 0 Å². The van der Waals surface area contributed by atoms with Crippen molar-refractivity contribution in [2.24, 2.45) is 0 Å². The Hall–Kier alpha value is -0.780.